The van der Waals surface area contributed by atoms with Gasteiger partial charge < -0.3 is 9.15 Å². The number of rotatable bonds is 5. The number of benzene rings is 2. The number of carbonyl (C=O) groups is 1. The van der Waals surface area contributed by atoms with Crippen molar-refractivity contribution in [3.05, 3.63) is 69.9 Å². The zero-order valence-electron chi connectivity index (χ0n) is 17.5. The molecule has 156 valence electrons. The highest BCUT2D eigenvalue weighted by molar-refractivity contribution is 6.02. The third-order valence-corrected chi connectivity index (χ3v) is 5.67. The number of hydrogen-bond acceptors (Lipinski definition) is 5. The monoisotopic (exact) mass is 405 g/mol. The fraction of sp³-hybridized carbons (Fsp3) is 0.360. The number of ether oxygens (including phenoxy) is 1. The van der Waals surface area contributed by atoms with E-state index < -0.39 is 5.97 Å². The number of nitrogens with zero attached hydrogens (tertiary/aromatic N) is 1. The molecule has 1 saturated heterocycles. The molecule has 1 unspecified atom stereocenters. The van der Waals surface area contributed by atoms with Crippen LogP contribution in [0.1, 0.15) is 42.1 Å². The lowest BCUT2D eigenvalue weighted by atomic mass is 10.0. The van der Waals surface area contributed by atoms with Gasteiger partial charge in [0.2, 0.25) is 0 Å². The summed E-state index contributed by atoms with van der Waals surface area (Å²) in [5.74, 6) is 0.0193. The van der Waals surface area contributed by atoms with E-state index in [-0.39, 0.29) is 22.7 Å². The van der Waals surface area contributed by atoms with Gasteiger partial charge in [-0.05, 0) is 51.9 Å². The highest BCUT2D eigenvalue weighted by atomic mass is 16.5. The predicted molar refractivity (Wildman–Crippen MR) is 118 cm³/mol. The molecule has 1 atom stereocenters. The summed E-state index contributed by atoms with van der Waals surface area (Å²) in [4.78, 5) is 28.3. The van der Waals surface area contributed by atoms with Crippen LogP contribution in [0.15, 0.2) is 57.7 Å². The van der Waals surface area contributed by atoms with E-state index in [1.807, 2.05) is 37.3 Å². The second-order valence-electron chi connectivity index (χ2n) is 8.01. The van der Waals surface area contributed by atoms with E-state index in [0.717, 1.165) is 25.2 Å². The number of carbonyl (C=O) groups excluding carboxylic acids is 1. The standard InChI is InChI=1S/C25H27NO4/c1-17(16-26-14-7-4-8-15-26)29-25(28)21-13-9-12-20-22(27)18(2)23(30-24(20)21)19-10-5-3-6-11-19/h3,5-6,9-13,17H,4,7-8,14-16H2,1-2H3. The van der Waals surface area contributed by atoms with Gasteiger partial charge in [-0.3, -0.25) is 9.69 Å². The van der Waals surface area contributed by atoms with Crippen LogP contribution in [0.2, 0.25) is 0 Å². The van der Waals surface area contributed by atoms with Crippen LogP contribution in [-0.4, -0.2) is 36.6 Å². The van der Waals surface area contributed by atoms with E-state index in [0.29, 0.717) is 16.7 Å². The average molecular weight is 405 g/mol. The van der Waals surface area contributed by atoms with Crippen LogP contribution in [0.5, 0.6) is 0 Å². The first kappa shape index (κ1) is 20.4. The normalized spacial score (nSPS) is 15.8. The smallest absolute Gasteiger partial charge is 0.342 e. The molecule has 0 bridgehead atoms. The van der Waals surface area contributed by atoms with Crippen molar-refractivity contribution in [3.63, 3.8) is 0 Å². The maximum Gasteiger partial charge on any atom is 0.342 e. The maximum absolute atomic E-state index is 13.0. The minimum absolute atomic E-state index is 0.133. The summed E-state index contributed by atoms with van der Waals surface area (Å²) in [6.07, 6.45) is 3.41. The summed E-state index contributed by atoms with van der Waals surface area (Å²) in [5.41, 5.74) is 1.76. The van der Waals surface area contributed by atoms with E-state index in [9.17, 15) is 9.59 Å². The van der Waals surface area contributed by atoms with Gasteiger partial charge in [-0.1, -0.05) is 42.8 Å². The van der Waals surface area contributed by atoms with Crippen molar-refractivity contribution in [2.45, 2.75) is 39.2 Å². The molecule has 0 spiro atoms. The zero-order valence-corrected chi connectivity index (χ0v) is 17.5. The van der Waals surface area contributed by atoms with Gasteiger partial charge in [0.25, 0.3) is 0 Å². The van der Waals surface area contributed by atoms with Crippen molar-refractivity contribution in [1.82, 2.24) is 4.90 Å². The van der Waals surface area contributed by atoms with Gasteiger partial charge in [-0.25, -0.2) is 4.79 Å². The molecular formula is C25H27NO4. The Bertz CT molecular complexity index is 1100. The second-order valence-corrected chi connectivity index (χ2v) is 8.01. The summed E-state index contributed by atoms with van der Waals surface area (Å²) in [6.45, 7) is 6.47. The molecule has 2 aromatic carbocycles. The Morgan fingerprint density at radius 2 is 1.80 bits per heavy atom. The van der Waals surface area contributed by atoms with E-state index in [4.69, 9.17) is 9.15 Å². The van der Waals surface area contributed by atoms with Crippen molar-refractivity contribution in [1.29, 1.82) is 0 Å². The fourth-order valence-corrected chi connectivity index (χ4v) is 4.12. The van der Waals surface area contributed by atoms with Crippen LogP contribution in [0.4, 0.5) is 0 Å². The van der Waals surface area contributed by atoms with Gasteiger partial charge in [0.05, 0.1) is 5.39 Å². The molecule has 1 aliphatic heterocycles. The summed E-state index contributed by atoms with van der Waals surface area (Å²) in [7, 11) is 0. The molecule has 1 fully saturated rings. The molecule has 0 N–H and O–H groups in total. The van der Waals surface area contributed by atoms with Gasteiger partial charge in [0.15, 0.2) is 11.0 Å². The molecule has 0 aliphatic carbocycles. The van der Waals surface area contributed by atoms with E-state index in [1.165, 1.54) is 19.3 Å². The van der Waals surface area contributed by atoms with Gasteiger partial charge in [-0.2, -0.15) is 0 Å². The number of likely N-dealkylation sites (tertiary alicyclic amines) is 1. The highest BCUT2D eigenvalue weighted by Crippen LogP contribution is 2.27. The molecular weight excluding hydrogens is 378 g/mol. The topological polar surface area (TPSA) is 59.8 Å². The quantitative estimate of drug-likeness (QED) is 0.571. The molecule has 0 radical (unpaired) electrons. The summed E-state index contributed by atoms with van der Waals surface area (Å²) in [5, 5.41) is 0.394. The lowest BCUT2D eigenvalue weighted by molar-refractivity contribution is 0.0237. The number of hydrogen-bond donors (Lipinski definition) is 0. The average Bonchev–Trinajstić information content (AvgIpc) is 2.77. The lowest BCUT2D eigenvalue weighted by Crippen LogP contribution is -2.37. The number of esters is 1. The number of para-hydroxylation sites is 1. The van der Waals surface area contributed by atoms with Crippen LogP contribution in [-0.2, 0) is 4.74 Å². The summed E-state index contributed by atoms with van der Waals surface area (Å²) < 4.78 is 11.9. The molecule has 5 heteroatoms. The van der Waals surface area contributed by atoms with Crippen LogP contribution >= 0.6 is 0 Å². The summed E-state index contributed by atoms with van der Waals surface area (Å²) >= 11 is 0. The van der Waals surface area contributed by atoms with E-state index >= 15 is 0 Å². The SMILES string of the molecule is Cc1c(-c2ccccc2)oc2c(C(=O)OC(C)CN3CCCCC3)cccc2c1=O. The molecule has 2 heterocycles. The fourth-order valence-electron chi connectivity index (χ4n) is 4.12. The molecule has 5 nitrogen and oxygen atoms in total. The zero-order chi connectivity index (χ0) is 21.1. The van der Waals surface area contributed by atoms with Crippen LogP contribution in [0, 0.1) is 6.92 Å². The molecule has 0 saturated carbocycles. The Balaban J connectivity index is 1.66. The van der Waals surface area contributed by atoms with Crippen LogP contribution in [0.3, 0.4) is 0 Å². The molecule has 3 aromatic rings. The van der Waals surface area contributed by atoms with E-state index in [1.54, 1.807) is 25.1 Å². The Labute approximate surface area is 176 Å². The van der Waals surface area contributed by atoms with Crippen molar-refractivity contribution in [2.75, 3.05) is 19.6 Å². The first-order valence-electron chi connectivity index (χ1n) is 10.6. The molecule has 4 rings (SSSR count). The third-order valence-electron chi connectivity index (χ3n) is 5.67. The number of piperidine rings is 1. The van der Waals surface area contributed by atoms with Crippen LogP contribution in [0.25, 0.3) is 22.3 Å². The Morgan fingerprint density at radius 3 is 2.53 bits per heavy atom. The molecule has 1 aliphatic rings. The van der Waals surface area contributed by atoms with Crippen molar-refractivity contribution in [2.24, 2.45) is 0 Å². The largest absolute Gasteiger partial charge is 0.458 e. The van der Waals surface area contributed by atoms with Crippen molar-refractivity contribution < 1.29 is 13.9 Å². The first-order valence-corrected chi connectivity index (χ1v) is 10.6. The first-order chi connectivity index (χ1) is 14.5. The Kier molecular flexibility index (Phi) is 6.00. The van der Waals surface area contributed by atoms with Gasteiger partial charge >= 0.3 is 5.97 Å². The molecule has 0 amide bonds. The second kappa shape index (κ2) is 8.84. The van der Waals surface area contributed by atoms with Crippen molar-refractivity contribution in [3.8, 4) is 11.3 Å². The maximum atomic E-state index is 13.0. The lowest BCUT2D eigenvalue weighted by Gasteiger charge is -2.28. The molecule has 30 heavy (non-hydrogen) atoms. The van der Waals surface area contributed by atoms with Gasteiger partial charge in [-0.15, -0.1) is 0 Å². The Morgan fingerprint density at radius 1 is 1.07 bits per heavy atom. The third kappa shape index (κ3) is 4.17. The highest BCUT2D eigenvalue weighted by Gasteiger charge is 2.22. The predicted octanol–water partition coefficient (Wildman–Crippen LogP) is 4.80. The van der Waals surface area contributed by atoms with Gasteiger partial charge in [0, 0.05) is 17.7 Å². The van der Waals surface area contributed by atoms with Crippen LogP contribution < -0.4 is 5.43 Å². The summed E-state index contributed by atoms with van der Waals surface area (Å²) in [6, 6.07) is 14.5. The molecule has 1 aromatic heterocycles. The Hall–Kier alpha value is -2.92. The number of fused-ring (bicyclic) bond motifs is 1. The van der Waals surface area contributed by atoms with E-state index in [2.05, 4.69) is 4.90 Å². The van der Waals surface area contributed by atoms with Gasteiger partial charge in [0.1, 0.15) is 17.4 Å². The minimum atomic E-state index is -0.462. The minimum Gasteiger partial charge on any atom is -0.458 e. The van der Waals surface area contributed by atoms with Crippen molar-refractivity contribution >= 4 is 16.9 Å².